The number of rotatable bonds is 5. The Morgan fingerprint density at radius 2 is 1.44 bits per heavy atom. The molecule has 0 spiro atoms. The maximum atomic E-state index is 10.5. The summed E-state index contributed by atoms with van der Waals surface area (Å²) in [5.41, 5.74) is 0. The molecule has 0 saturated carbocycles. The molecule has 16 heavy (non-hydrogen) atoms. The fourth-order valence-electron chi connectivity index (χ4n) is 1.62. The first-order valence-electron chi connectivity index (χ1n) is 5.02. The van der Waals surface area contributed by atoms with Crippen LogP contribution in [0.2, 0.25) is 0 Å². The molecular weight excluding hydrogens is 227 g/mol. The summed E-state index contributed by atoms with van der Waals surface area (Å²) < 4.78 is 29.6. The van der Waals surface area contributed by atoms with Crippen molar-refractivity contribution in [3.63, 3.8) is 0 Å². The third-order valence-electron chi connectivity index (χ3n) is 2.55. The average Bonchev–Trinajstić information content (AvgIpc) is 2.16. The second-order valence-corrected chi connectivity index (χ2v) is 5.27. The van der Waals surface area contributed by atoms with Crippen LogP contribution in [0.5, 0.6) is 0 Å². The summed E-state index contributed by atoms with van der Waals surface area (Å²) in [6.07, 6.45) is 0. The zero-order chi connectivity index (χ0) is 11.3. The van der Waals surface area contributed by atoms with Crippen LogP contribution >= 0.6 is 0 Å². The van der Waals surface area contributed by atoms with E-state index in [1.807, 2.05) is 4.90 Å². The van der Waals surface area contributed by atoms with Gasteiger partial charge < -0.3 is 5.11 Å². The van der Waals surface area contributed by atoms with Crippen LogP contribution in [0.3, 0.4) is 0 Å². The van der Waals surface area contributed by atoms with Crippen LogP contribution in [-0.4, -0.2) is 98.4 Å². The molecule has 6 nitrogen and oxygen atoms in total. The molecule has 1 heterocycles. The van der Waals surface area contributed by atoms with Crippen LogP contribution in [-0.2, 0) is 10.1 Å². The predicted molar refractivity (Wildman–Crippen MR) is 63.5 cm³/mol. The molecule has 8 heteroatoms. The standard InChI is InChI=1S/C8H18N2O4S.Li.H/c11-7-5-9-1-3-10(4-2-9)6-8-15(12,13)14;;/h11H,1-8H2,(H,12,13,14);;. The number of hydrogen-bond donors (Lipinski definition) is 2. The van der Waals surface area contributed by atoms with E-state index >= 15 is 0 Å². The molecule has 1 aliphatic rings. The molecule has 0 amide bonds. The van der Waals surface area contributed by atoms with Gasteiger partial charge in [-0.1, -0.05) is 0 Å². The predicted octanol–water partition coefficient (Wildman–Crippen LogP) is -2.16. The van der Waals surface area contributed by atoms with E-state index in [-0.39, 0.29) is 31.2 Å². The Hall–Kier alpha value is 0.387. The quantitative estimate of drug-likeness (QED) is 0.425. The fraction of sp³-hybridized carbons (Fsp3) is 1.00. The topological polar surface area (TPSA) is 81.1 Å². The third kappa shape index (κ3) is 6.86. The van der Waals surface area contributed by atoms with Crippen LogP contribution in [0.15, 0.2) is 0 Å². The van der Waals surface area contributed by atoms with Crippen molar-refractivity contribution in [3.8, 4) is 0 Å². The minimum absolute atomic E-state index is 0. The SMILES string of the molecule is O=S(=O)(O)CCN1CCN(CCO)CC1.[LiH]. The molecule has 0 aromatic rings. The Morgan fingerprint density at radius 1 is 1.00 bits per heavy atom. The second kappa shape index (κ2) is 7.66. The number of hydrogen-bond acceptors (Lipinski definition) is 5. The van der Waals surface area contributed by atoms with E-state index in [1.54, 1.807) is 0 Å². The first kappa shape index (κ1) is 16.4. The average molecular weight is 246 g/mol. The minimum atomic E-state index is -3.84. The van der Waals surface area contributed by atoms with Crippen molar-refractivity contribution in [3.05, 3.63) is 0 Å². The van der Waals surface area contributed by atoms with E-state index in [2.05, 4.69) is 4.90 Å². The van der Waals surface area contributed by atoms with E-state index in [0.717, 1.165) is 26.2 Å². The van der Waals surface area contributed by atoms with Crippen LogP contribution in [0.4, 0.5) is 0 Å². The Bertz CT molecular complexity index is 278. The van der Waals surface area contributed by atoms with Crippen LogP contribution in [0.25, 0.3) is 0 Å². The summed E-state index contributed by atoms with van der Waals surface area (Å²) in [6, 6.07) is 0. The Morgan fingerprint density at radius 3 is 1.81 bits per heavy atom. The van der Waals surface area contributed by atoms with E-state index in [9.17, 15) is 8.42 Å². The summed E-state index contributed by atoms with van der Waals surface area (Å²) in [5.74, 6) is -0.201. The molecule has 0 unspecified atom stereocenters. The van der Waals surface area contributed by atoms with Crippen molar-refractivity contribution in [2.24, 2.45) is 0 Å². The van der Waals surface area contributed by atoms with Crippen LogP contribution < -0.4 is 0 Å². The zero-order valence-electron chi connectivity index (χ0n) is 8.67. The second-order valence-electron chi connectivity index (χ2n) is 3.69. The third-order valence-corrected chi connectivity index (χ3v) is 3.25. The molecule has 0 aliphatic carbocycles. The van der Waals surface area contributed by atoms with Crippen molar-refractivity contribution in [1.82, 2.24) is 9.80 Å². The van der Waals surface area contributed by atoms with Gasteiger partial charge in [-0.3, -0.25) is 14.4 Å². The summed E-state index contributed by atoms with van der Waals surface area (Å²) in [4.78, 5) is 4.13. The molecule has 92 valence electrons. The van der Waals surface area contributed by atoms with E-state index < -0.39 is 10.1 Å². The van der Waals surface area contributed by atoms with Gasteiger partial charge in [-0.15, -0.1) is 0 Å². The van der Waals surface area contributed by atoms with E-state index in [1.165, 1.54) is 0 Å². The van der Waals surface area contributed by atoms with Crippen molar-refractivity contribution < 1.29 is 18.1 Å². The van der Waals surface area contributed by atoms with Gasteiger partial charge in [0, 0.05) is 39.3 Å². The van der Waals surface area contributed by atoms with Gasteiger partial charge in [0.25, 0.3) is 10.1 Å². The Kier molecular flexibility index (Phi) is 7.85. The molecule has 0 bridgehead atoms. The Balaban J connectivity index is 0.00000225. The van der Waals surface area contributed by atoms with Gasteiger partial charge in [-0.2, -0.15) is 8.42 Å². The van der Waals surface area contributed by atoms with Gasteiger partial charge in [0.05, 0.1) is 12.4 Å². The first-order valence-corrected chi connectivity index (χ1v) is 6.63. The zero-order valence-corrected chi connectivity index (χ0v) is 9.49. The summed E-state index contributed by atoms with van der Waals surface area (Å²) >= 11 is 0. The number of nitrogens with zero attached hydrogens (tertiary/aromatic N) is 2. The van der Waals surface area contributed by atoms with E-state index in [0.29, 0.717) is 13.1 Å². The van der Waals surface area contributed by atoms with Crippen LogP contribution in [0.1, 0.15) is 0 Å². The van der Waals surface area contributed by atoms with Gasteiger partial charge in [-0.05, 0) is 0 Å². The monoisotopic (exact) mass is 246 g/mol. The Labute approximate surface area is 109 Å². The normalized spacial score (nSPS) is 19.4. The molecule has 1 aliphatic heterocycles. The maximum absolute atomic E-state index is 10.5. The molecule has 2 N–H and O–H groups in total. The molecule has 0 radical (unpaired) electrons. The molecule has 1 rings (SSSR count). The number of aliphatic hydroxyl groups is 1. The molecule has 0 atom stereocenters. The van der Waals surface area contributed by atoms with Gasteiger partial charge in [0.1, 0.15) is 0 Å². The molecule has 0 aromatic heterocycles. The summed E-state index contributed by atoms with van der Waals surface area (Å²) in [5, 5.41) is 8.73. The number of aliphatic hydroxyl groups excluding tert-OH is 1. The van der Waals surface area contributed by atoms with Crippen molar-refractivity contribution in [1.29, 1.82) is 0 Å². The van der Waals surface area contributed by atoms with Crippen LogP contribution in [0, 0.1) is 0 Å². The number of piperazine rings is 1. The molecular formula is C8H19LiN2O4S. The van der Waals surface area contributed by atoms with Gasteiger partial charge in [0.2, 0.25) is 0 Å². The molecule has 0 aromatic carbocycles. The molecule has 1 fully saturated rings. The van der Waals surface area contributed by atoms with E-state index in [4.69, 9.17) is 9.66 Å². The molecule has 1 saturated heterocycles. The van der Waals surface area contributed by atoms with Crippen molar-refractivity contribution in [2.75, 3.05) is 51.6 Å². The fourth-order valence-corrected chi connectivity index (χ4v) is 2.11. The van der Waals surface area contributed by atoms with Gasteiger partial charge >= 0.3 is 18.9 Å². The van der Waals surface area contributed by atoms with Gasteiger partial charge in [-0.25, -0.2) is 0 Å². The van der Waals surface area contributed by atoms with Gasteiger partial charge in [0.15, 0.2) is 0 Å². The number of β-amino-alcohol motifs (C(OH)–C–C–N with tert-alkyl or cyclic N) is 1. The summed E-state index contributed by atoms with van der Waals surface area (Å²) in [6.45, 7) is 4.46. The van der Waals surface area contributed by atoms with Crippen molar-refractivity contribution in [2.45, 2.75) is 0 Å². The van der Waals surface area contributed by atoms with Crippen molar-refractivity contribution >= 4 is 29.0 Å². The first-order chi connectivity index (χ1) is 7.01. The summed E-state index contributed by atoms with van der Waals surface area (Å²) in [7, 11) is -3.84.